The topological polar surface area (TPSA) is 52.9 Å². The molecule has 1 rings (SSSR count). The number of ether oxygens (including phenoxy) is 3. The number of rotatable bonds is 13. The average Bonchev–Trinajstić information content (AvgIpc) is 2.89. The second kappa shape index (κ2) is 11.7. The molecule has 0 saturated heterocycles. The minimum absolute atomic E-state index is 0.591. The van der Waals surface area contributed by atoms with Crippen molar-refractivity contribution in [3.05, 3.63) is 23.7 Å². The van der Waals surface area contributed by atoms with E-state index >= 15 is 0 Å². The van der Waals surface area contributed by atoms with E-state index in [1.54, 1.807) is 13.4 Å². The van der Waals surface area contributed by atoms with Gasteiger partial charge in [0, 0.05) is 25.9 Å². The molecule has 1 aromatic heterocycles. The summed E-state index contributed by atoms with van der Waals surface area (Å²) < 4.78 is 21.4. The second-order valence-electron chi connectivity index (χ2n) is 5.41. The molecule has 0 aliphatic carbocycles. The van der Waals surface area contributed by atoms with Gasteiger partial charge >= 0.3 is 0 Å². The van der Waals surface area contributed by atoms with Gasteiger partial charge in [-0.15, -0.1) is 0 Å². The van der Waals surface area contributed by atoms with Crippen LogP contribution >= 0.6 is 0 Å². The van der Waals surface area contributed by atoms with E-state index in [9.17, 15) is 0 Å². The normalized spacial score (nSPS) is 11.4. The third kappa shape index (κ3) is 8.88. The van der Waals surface area contributed by atoms with Crippen LogP contribution in [0.1, 0.15) is 31.6 Å². The molecule has 0 amide bonds. The van der Waals surface area contributed by atoms with Gasteiger partial charge in [-0.25, -0.2) is 0 Å². The molecule has 0 unspecified atom stereocenters. The van der Waals surface area contributed by atoms with E-state index in [1.165, 1.54) is 0 Å². The maximum Gasteiger partial charge on any atom is 0.123 e. The van der Waals surface area contributed by atoms with E-state index in [2.05, 4.69) is 19.2 Å². The van der Waals surface area contributed by atoms with E-state index in [1.807, 2.05) is 6.07 Å². The van der Waals surface area contributed by atoms with Gasteiger partial charge in [0.15, 0.2) is 0 Å². The predicted molar refractivity (Wildman–Crippen MR) is 82.2 cm³/mol. The Morgan fingerprint density at radius 2 is 1.95 bits per heavy atom. The highest BCUT2D eigenvalue weighted by Crippen LogP contribution is 2.12. The fourth-order valence-corrected chi connectivity index (χ4v) is 1.81. The lowest BCUT2D eigenvalue weighted by Crippen LogP contribution is -2.19. The van der Waals surface area contributed by atoms with Crippen molar-refractivity contribution in [3.63, 3.8) is 0 Å². The van der Waals surface area contributed by atoms with Crippen molar-refractivity contribution in [1.82, 2.24) is 5.32 Å². The molecule has 0 aliphatic heterocycles. The van der Waals surface area contributed by atoms with Crippen LogP contribution in [0, 0.1) is 5.92 Å². The van der Waals surface area contributed by atoms with Crippen LogP contribution in [0.15, 0.2) is 16.7 Å². The SMILES string of the molecule is COCCOCCCOCc1ccoc1CNCC(C)C. The van der Waals surface area contributed by atoms with E-state index < -0.39 is 0 Å². The Morgan fingerprint density at radius 3 is 2.71 bits per heavy atom. The fraction of sp³-hybridized carbons (Fsp3) is 0.750. The summed E-state index contributed by atoms with van der Waals surface area (Å²) in [4.78, 5) is 0. The number of nitrogens with one attached hydrogen (secondary N) is 1. The first-order chi connectivity index (χ1) is 10.2. The number of hydrogen-bond donors (Lipinski definition) is 1. The van der Waals surface area contributed by atoms with Crippen molar-refractivity contribution < 1.29 is 18.6 Å². The zero-order valence-corrected chi connectivity index (χ0v) is 13.5. The van der Waals surface area contributed by atoms with Gasteiger partial charge in [-0.2, -0.15) is 0 Å². The van der Waals surface area contributed by atoms with Crippen molar-refractivity contribution in [2.75, 3.05) is 40.1 Å². The highest BCUT2D eigenvalue weighted by atomic mass is 16.5. The summed E-state index contributed by atoms with van der Waals surface area (Å²) in [6.45, 7) is 9.39. The third-order valence-corrected chi connectivity index (χ3v) is 2.94. The van der Waals surface area contributed by atoms with Gasteiger partial charge in [0.2, 0.25) is 0 Å². The van der Waals surface area contributed by atoms with Crippen molar-refractivity contribution >= 4 is 0 Å². The molecule has 0 radical (unpaired) electrons. The first kappa shape index (κ1) is 18.2. The number of methoxy groups -OCH3 is 1. The molecule has 1 heterocycles. The molecule has 0 aromatic carbocycles. The van der Waals surface area contributed by atoms with Gasteiger partial charge in [0.1, 0.15) is 5.76 Å². The van der Waals surface area contributed by atoms with E-state index in [0.29, 0.717) is 39.0 Å². The molecule has 0 atom stereocenters. The second-order valence-corrected chi connectivity index (χ2v) is 5.41. The highest BCUT2D eigenvalue weighted by Gasteiger charge is 2.06. The van der Waals surface area contributed by atoms with Crippen molar-refractivity contribution in [2.45, 2.75) is 33.4 Å². The molecule has 5 nitrogen and oxygen atoms in total. The Balaban J connectivity index is 2.08. The van der Waals surface area contributed by atoms with Crippen LogP contribution in [0.25, 0.3) is 0 Å². The minimum Gasteiger partial charge on any atom is -0.468 e. The smallest absolute Gasteiger partial charge is 0.123 e. The summed E-state index contributed by atoms with van der Waals surface area (Å²) in [5.41, 5.74) is 1.12. The molecule has 5 heteroatoms. The quantitative estimate of drug-likeness (QED) is 0.567. The lowest BCUT2D eigenvalue weighted by Gasteiger charge is -2.08. The van der Waals surface area contributed by atoms with Gasteiger partial charge in [-0.3, -0.25) is 0 Å². The molecule has 0 bridgehead atoms. The maximum atomic E-state index is 5.65. The van der Waals surface area contributed by atoms with Crippen molar-refractivity contribution in [1.29, 1.82) is 0 Å². The summed E-state index contributed by atoms with van der Waals surface area (Å²) in [6, 6.07) is 1.97. The van der Waals surface area contributed by atoms with E-state index in [0.717, 1.165) is 30.8 Å². The maximum absolute atomic E-state index is 5.65. The van der Waals surface area contributed by atoms with Crippen LogP contribution in [-0.2, 0) is 27.4 Å². The van der Waals surface area contributed by atoms with Gasteiger partial charge in [-0.1, -0.05) is 13.8 Å². The van der Waals surface area contributed by atoms with Crippen LogP contribution in [0.5, 0.6) is 0 Å². The Bertz CT molecular complexity index is 352. The molecule has 0 aliphatic rings. The van der Waals surface area contributed by atoms with Gasteiger partial charge in [0.25, 0.3) is 0 Å². The third-order valence-electron chi connectivity index (χ3n) is 2.94. The summed E-state index contributed by atoms with van der Waals surface area (Å²) >= 11 is 0. The predicted octanol–water partition coefficient (Wildman–Crippen LogP) is 2.59. The Kier molecular flexibility index (Phi) is 10.2. The van der Waals surface area contributed by atoms with Crippen LogP contribution in [0.4, 0.5) is 0 Å². The van der Waals surface area contributed by atoms with Crippen LogP contribution < -0.4 is 5.32 Å². The lowest BCUT2D eigenvalue weighted by atomic mass is 10.2. The molecule has 0 saturated carbocycles. The Labute approximate surface area is 127 Å². The van der Waals surface area contributed by atoms with Crippen LogP contribution in [-0.4, -0.2) is 40.1 Å². The largest absolute Gasteiger partial charge is 0.468 e. The monoisotopic (exact) mass is 299 g/mol. The molecular formula is C16H29NO4. The van der Waals surface area contributed by atoms with Gasteiger partial charge < -0.3 is 23.9 Å². The van der Waals surface area contributed by atoms with E-state index in [-0.39, 0.29) is 0 Å². The molecule has 1 aromatic rings. The molecular weight excluding hydrogens is 270 g/mol. The molecule has 122 valence electrons. The van der Waals surface area contributed by atoms with Gasteiger partial charge in [-0.05, 0) is 24.9 Å². The molecule has 0 spiro atoms. The van der Waals surface area contributed by atoms with Crippen LogP contribution in [0.2, 0.25) is 0 Å². The van der Waals surface area contributed by atoms with Crippen LogP contribution in [0.3, 0.4) is 0 Å². The van der Waals surface area contributed by atoms with Crippen molar-refractivity contribution in [3.8, 4) is 0 Å². The fourth-order valence-electron chi connectivity index (χ4n) is 1.81. The summed E-state index contributed by atoms with van der Waals surface area (Å²) in [5, 5.41) is 3.38. The highest BCUT2D eigenvalue weighted by molar-refractivity contribution is 5.15. The molecule has 1 N–H and O–H groups in total. The summed E-state index contributed by atoms with van der Waals surface area (Å²) in [5.74, 6) is 1.60. The summed E-state index contributed by atoms with van der Waals surface area (Å²) in [7, 11) is 1.67. The molecule has 0 fully saturated rings. The lowest BCUT2D eigenvalue weighted by molar-refractivity contribution is 0.0481. The standard InChI is InChI=1S/C16H29NO4/c1-14(2)11-17-12-16-15(5-8-21-16)13-20-7-4-6-19-10-9-18-3/h5,8,14,17H,4,6-7,9-13H2,1-3H3. The van der Waals surface area contributed by atoms with Crippen molar-refractivity contribution in [2.24, 2.45) is 5.92 Å². The number of furan rings is 1. The van der Waals surface area contributed by atoms with Gasteiger partial charge in [0.05, 0.1) is 32.6 Å². The zero-order chi connectivity index (χ0) is 15.3. The summed E-state index contributed by atoms with van der Waals surface area (Å²) in [6.07, 6.45) is 2.61. The Morgan fingerprint density at radius 1 is 1.14 bits per heavy atom. The van der Waals surface area contributed by atoms with E-state index in [4.69, 9.17) is 18.6 Å². The first-order valence-electron chi connectivity index (χ1n) is 7.64. The molecule has 21 heavy (non-hydrogen) atoms. The number of hydrogen-bond acceptors (Lipinski definition) is 5. The first-order valence-corrected chi connectivity index (χ1v) is 7.64. The zero-order valence-electron chi connectivity index (χ0n) is 13.5. The average molecular weight is 299 g/mol. The minimum atomic E-state index is 0.591. The Hall–Kier alpha value is -0.880.